The second kappa shape index (κ2) is 9.15. The van der Waals surface area contributed by atoms with Gasteiger partial charge in [0.05, 0.1) is 7.11 Å². The van der Waals surface area contributed by atoms with E-state index in [-0.39, 0.29) is 17.2 Å². The highest BCUT2D eigenvalue weighted by Gasteiger charge is 2.30. The molecule has 0 radical (unpaired) electrons. The Labute approximate surface area is 201 Å². The van der Waals surface area contributed by atoms with Crippen molar-refractivity contribution in [3.63, 3.8) is 0 Å². The van der Waals surface area contributed by atoms with Gasteiger partial charge in [-0.15, -0.1) is 0 Å². The van der Waals surface area contributed by atoms with Crippen molar-refractivity contribution in [1.29, 1.82) is 0 Å². The summed E-state index contributed by atoms with van der Waals surface area (Å²) in [7, 11) is 1.45. The Balaban J connectivity index is 1.58. The van der Waals surface area contributed by atoms with E-state index in [0.717, 1.165) is 10.8 Å². The lowest BCUT2D eigenvalue weighted by atomic mass is 10.1. The minimum Gasteiger partial charge on any atom is -0.504 e. The van der Waals surface area contributed by atoms with Crippen LogP contribution in [0.2, 0.25) is 0 Å². The number of carbonyl (C=O) groups is 2. The van der Waals surface area contributed by atoms with Crippen molar-refractivity contribution in [2.45, 2.75) is 0 Å². The third kappa shape index (κ3) is 4.35. The molecule has 0 bridgehead atoms. The summed E-state index contributed by atoms with van der Waals surface area (Å²) in [5, 5.41) is 13.0. The van der Waals surface area contributed by atoms with Crippen LogP contribution in [-0.2, 0) is 4.79 Å². The molecule has 1 aliphatic rings. The van der Waals surface area contributed by atoms with Crippen LogP contribution in [0.3, 0.4) is 0 Å². The largest absolute Gasteiger partial charge is 0.504 e. The van der Waals surface area contributed by atoms with E-state index >= 15 is 0 Å². The Morgan fingerprint density at radius 1 is 0.943 bits per heavy atom. The van der Waals surface area contributed by atoms with Crippen molar-refractivity contribution in [1.82, 2.24) is 10.4 Å². The summed E-state index contributed by atoms with van der Waals surface area (Å²) in [6.07, 6.45) is 1.57. The molecule has 0 atom stereocenters. The fourth-order valence-corrected chi connectivity index (χ4v) is 3.85. The number of nitrogens with zero attached hydrogens (tertiary/aromatic N) is 2. The van der Waals surface area contributed by atoms with Gasteiger partial charge in [0, 0.05) is 11.1 Å². The molecule has 1 heterocycles. The number of benzene rings is 4. The molecule has 5 rings (SSSR count). The highest BCUT2D eigenvalue weighted by atomic mass is 16.5. The number of hydrogen-bond donors (Lipinski definition) is 2. The molecule has 7 heteroatoms. The van der Waals surface area contributed by atoms with Gasteiger partial charge in [-0.2, -0.15) is 5.01 Å². The Morgan fingerprint density at radius 2 is 1.69 bits per heavy atom. The van der Waals surface area contributed by atoms with Gasteiger partial charge < -0.3 is 9.84 Å². The molecule has 0 unspecified atom stereocenters. The first-order valence-corrected chi connectivity index (χ1v) is 10.9. The predicted molar refractivity (Wildman–Crippen MR) is 134 cm³/mol. The summed E-state index contributed by atoms with van der Waals surface area (Å²) in [6.45, 7) is 0. The van der Waals surface area contributed by atoms with Gasteiger partial charge in [0.25, 0.3) is 11.8 Å². The van der Waals surface area contributed by atoms with Crippen LogP contribution >= 0.6 is 0 Å². The lowest BCUT2D eigenvalue weighted by Gasteiger charge is -2.29. The number of methoxy groups -OCH3 is 1. The molecule has 7 nitrogen and oxygen atoms in total. The molecule has 2 amide bonds. The fraction of sp³-hybridized carbons (Fsp3) is 0.0357. The smallest absolute Gasteiger partial charge is 0.288 e. The number of rotatable bonds is 4. The van der Waals surface area contributed by atoms with E-state index in [2.05, 4.69) is 10.4 Å². The molecule has 0 fully saturated rings. The molecule has 4 aromatic rings. The van der Waals surface area contributed by atoms with Crippen LogP contribution in [0.5, 0.6) is 11.5 Å². The van der Waals surface area contributed by atoms with E-state index in [0.29, 0.717) is 22.5 Å². The van der Waals surface area contributed by atoms with Gasteiger partial charge in [-0.25, -0.2) is 4.99 Å². The van der Waals surface area contributed by atoms with Crippen LogP contribution in [0.1, 0.15) is 21.5 Å². The highest BCUT2D eigenvalue weighted by molar-refractivity contribution is 6.18. The lowest BCUT2D eigenvalue weighted by Crippen LogP contribution is -2.53. The first kappa shape index (κ1) is 21.9. The zero-order valence-electron chi connectivity index (χ0n) is 18.8. The number of fused-ring (bicyclic) bond motifs is 1. The second-order valence-corrected chi connectivity index (χ2v) is 7.91. The number of hydrogen-bond acceptors (Lipinski definition) is 5. The summed E-state index contributed by atoms with van der Waals surface area (Å²) in [5.41, 5.74) is 4.49. The van der Waals surface area contributed by atoms with Crippen molar-refractivity contribution in [3.8, 4) is 11.5 Å². The molecular weight excluding hydrogens is 442 g/mol. The molecule has 35 heavy (non-hydrogen) atoms. The van der Waals surface area contributed by atoms with Crippen LogP contribution in [0.25, 0.3) is 16.8 Å². The van der Waals surface area contributed by atoms with Crippen LogP contribution in [0, 0.1) is 0 Å². The number of aromatic hydroxyl groups is 1. The molecule has 172 valence electrons. The van der Waals surface area contributed by atoms with E-state index < -0.39 is 11.8 Å². The van der Waals surface area contributed by atoms with Gasteiger partial charge in [0.1, 0.15) is 5.70 Å². The summed E-state index contributed by atoms with van der Waals surface area (Å²) >= 11 is 0. The lowest BCUT2D eigenvalue weighted by molar-refractivity contribution is -0.120. The van der Waals surface area contributed by atoms with Gasteiger partial charge in [-0.1, -0.05) is 66.7 Å². The van der Waals surface area contributed by atoms with E-state index in [1.54, 1.807) is 30.3 Å². The quantitative estimate of drug-likeness (QED) is 0.435. The van der Waals surface area contributed by atoms with Gasteiger partial charge in [-0.05, 0) is 46.7 Å². The van der Waals surface area contributed by atoms with Gasteiger partial charge in [0.2, 0.25) is 0 Å². The van der Waals surface area contributed by atoms with Gasteiger partial charge in [-0.3, -0.25) is 15.0 Å². The Morgan fingerprint density at radius 3 is 2.46 bits per heavy atom. The fourth-order valence-electron chi connectivity index (χ4n) is 3.85. The van der Waals surface area contributed by atoms with E-state index in [1.807, 2.05) is 60.7 Å². The Bertz CT molecular complexity index is 1510. The van der Waals surface area contributed by atoms with E-state index in [1.165, 1.54) is 18.2 Å². The normalized spacial score (nSPS) is 14.5. The van der Waals surface area contributed by atoms with E-state index in [9.17, 15) is 14.7 Å². The van der Waals surface area contributed by atoms with Gasteiger partial charge in [0.15, 0.2) is 17.3 Å². The van der Waals surface area contributed by atoms with Gasteiger partial charge >= 0.3 is 0 Å². The Hall–Kier alpha value is -4.91. The zero-order chi connectivity index (χ0) is 24.4. The average Bonchev–Trinajstić information content (AvgIpc) is 2.90. The number of aliphatic imine (C=N–C) groups is 1. The molecule has 0 aromatic heterocycles. The molecule has 0 saturated carbocycles. The SMILES string of the molecule is COc1cc(/C=C2/N=C(c3ccccc3)N(C(=O)c3ccc4ccccc4c3)NC2=O)ccc1O. The molecule has 1 aliphatic heterocycles. The number of phenols is 1. The number of carbonyl (C=O) groups excluding carboxylic acids is 2. The Kier molecular flexibility index (Phi) is 5.73. The number of ether oxygens (including phenoxy) is 1. The first-order valence-electron chi connectivity index (χ1n) is 10.9. The maximum Gasteiger partial charge on any atom is 0.288 e. The molecule has 0 saturated heterocycles. The van der Waals surface area contributed by atoms with Crippen molar-refractivity contribution in [2.24, 2.45) is 4.99 Å². The summed E-state index contributed by atoms with van der Waals surface area (Å²) in [5.74, 6) is -0.386. The standard InChI is InChI=1S/C28H21N3O4/c1-35-25-16-18(11-14-24(25)32)15-23-27(33)30-31(26(29-23)20-8-3-2-4-9-20)28(34)22-13-12-19-7-5-6-10-21(19)17-22/h2-17,32H,1H3,(H,30,33)/b23-15+. The maximum absolute atomic E-state index is 13.5. The predicted octanol–water partition coefficient (Wildman–Crippen LogP) is 4.53. The molecule has 0 spiro atoms. The topological polar surface area (TPSA) is 91.2 Å². The first-order chi connectivity index (χ1) is 17.0. The molecule has 4 aromatic carbocycles. The monoisotopic (exact) mass is 463 g/mol. The molecular formula is C28H21N3O4. The van der Waals surface area contributed by atoms with Crippen molar-refractivity contribution >= 4 is 34.5 Å². The molecule has 0 aliphatic carbocycles. The van der Waals surface area contributed by atoms with Crippen molar-refractivity contribution in [2.75, 3.05) is 7.11 Å². The highest BCUT2D eigenvalue weighted by Crippen LogP contribution is 2.28. The van der Waals surface area contributed by atoms with Crippen molar-refractivity contribution < 1.29 is 19.4 Å². The van der Waals surface area contributed by atoms with Crippen LogP contribution < -0.4 is 10.2 Å². The minimum atomic E-state index is -0.536. The van der Waals surface area contributed by atoms with E-state index in [4.69, 9.17) is 4.74 Å². The van der Waals surface area contributed by atoms with Crippen molar-refractivity contribution in [3.05, 3.63) is 113 Å². The van der Waals surface area contributed by atoms with Crippen LogP contribution in [-0.4, -0.2) is 34.9 Å². The number of nitrogens with one attached hydrogen (secondary N) is 1. The third-order valence-corrected chi connectivity index (χ3v) is 5.62. The number of hydrazine groups is 1. The summed E-state index contributed by atoms with van der Waals surface area (Å²) in [4.78, 5) is 31.1. The number of amidine groups is 1. The van der Waals surface area contributed by atoms with Crippen LogP contribution in [0.15, 0.2) is 102 Å². The third-order valence-electron chi connectivity index (χ3n) is 5.62. The zero-order valence-corrected chi connectivity index (χ0v) is 18.8. The number of phenolic OH excluding ortho intramolecular Hbond substituents is 1. The number of amides is 2. The second-order valence-electron chi connectivity index (χ2n) is 7.91. The maximum atomic E-state index is 13.5. The minimum absolute atomic E-state index is 0.0108. The van der Waals surface area contributed by atoms with Crippen LogP contribution in [0.4, 0.5) is 0 Å². The molecule has 2 N–H and O–H groups in total. The average molecular weight is 463 g/mol. The summed E-state index contributed by atoms with van der Waals surface area (Å²) in [6, 6.07) is 27.0. The summed E-state index contributed by atoms with van der Waals surface area (Å²) < 4.78 is 5.15.